The number of aliphatic hydroxyl groups excluding tert-OH is 1. The monoisotopic (exact) mass is 286 g/mol. The Labute approximate surface area is 120 Å². The number of carbonyl (C=O) groups excluding carboxylic acids is 1. The van der Waals surface area contributed by atoms with Crippen molar-refractivity contribution in [1.29, 1.82) is 0 Å². The highest BCUT2D eigenvalue weighted by Gasteiger charge is 2.39. The summed E-state index contributed by atoms with van der Waals surface area (Å²) in [6.45, 7) is 5.83. The van der Waals surface area contributed by atoms with Crippen LogP contribution in [-0.2, 0) is 4.79 Å². The fourth-order valence-corrected chi connectivity index (χ4v) is 2.43. The number of rotatable bonds is 4. The molecule has 0 saturated carbocycles. The van der Waals surface area contributed by atoms with E-state index >= 15 is 0 Å². The lowest BCUT2D eigenvalue weighted by Gasteiger charge is -2.42. The van der Waals surface area contributed by atoms with E-state index in [1.165, 1.54) is 9.80 Å². The summed E-state index contributed by atoms with van der Waals surface area (Å²) >= 11 is 0. The van der Waals surface area contributed by atoms with Crippen molar-refractivity contribution in [2.45, 2.75) is 51.6 Å². The molecule has 6 heteroatoms. The molecule has 0 aromatic carbocycles. The zero-order chi connectivity index (χ0) is 15.5. The lowest BCUT2D eigenvalue weighted by molar-refractivity contribution is -0.144. The summed E-state index contributed by atoms with van der Waals surface area (Å²) in [5.74, 6) is -0.594. The zero-order valence-electron chi connectivity index (χ0n) is 12.8. The van der Waals surface area contributed by atoms with Crippen LogP contribution in [0.25, 0.3) is 0 Å². The van der Waals surface area contributed by atoms with Gasteiger partial charge in [0.2, 0.25) is 0 Å². The molecule has 1 aliphatic heterocycles. The highest BCUT2D eigenvalue weighted by molar-refractivity contribution is 5.83. The van der Waals surface area contributed by atoms with Gasteiger partial charge in [0.25, 0.3) is 0 Å². The van der Waals surface area contributed by atoms with Gasteiger partial charge in [-0.15, -0.1) is 0 Å². The molecule has 0 spiro atoms. The molecule has 2 unspecified atom stereocenters. The van der Waals surface area contributed by atoms with E-state index in [4.69, 9.17) is 0 Å². The van der Waals surface area contributed by atoms with Gasteiger partial charge in [-0.3, -0.25) is 0 Å². The van der Waals surface area contributed by atoms with Crippen LogP contribution in [0.2, 0.25) is 0 Å². The number of urea groups is 1. The summed E-state index contributed by atoms with van der Waals surface area (Å²) in [6, 6.07) is -1.09. The van der Waals surface area contributed by atoms with Gasteiger partial charge in [0, 0.05) is 13.6 Å². The molecule has 2 amide bonds. The van der Waals surface area contributed by atoms with E-state index in [0.29, 0.717) is 18.9 Å². The van der Waals surface area contributed by atoms with Crippen molar-refractivity contribution in [1.82, 2.24) is 9.80 Å². The van der Waals surface area contributed by atoms with Crippen LogP contribution in [-0.4, -0.2) is 63.8 Å². The van der Waals surface area contributed by atoms with Gasteiger partial charge in [0.05, 0.1) is 12.1 Å². The summed E-state index contributed by atoms with van der Waals surface area (Å²) in [7, 11) is 1.60. The molecule has 1 fully saturated rings. The second-order valence-electron chi connectivity index (χ2n) is 6.16. The lowest BCUT2D eigenvalue weighted by atomic mass is 9.89. The first-order valence-electron chi connectivity index (χ1n) is 7.12. The maximum atomic E-state index is 12.5. The first-order chi connectivity index (χ1) is 9.24. The van der Waals surface area contributed by atoms with E-state index in [-0.39, 0.29) is 12.6 Å². The highest BCUT2D eigenvalue weighted by Crippen LogP contribution is 2.27. The van der Waals surface area contributed by atoms with Crippen LogP contribution in [0.5, 0.6) is 0 Å². The van der Waals surface area contributed by atoms with Crippen molar-refractivity contribution in [3.05, 3.63) is 0 Å². The van der Waals surface area contributed by atoms with Crippen LogP contribution in [0, 0.1) is 5.92 Å². The smallest absolute Gasteiger partial charge is 0.326 e. The Morgan fingerprint density at radius 3 is 2.45 bits per heavy atom. The Bertz CT molecular complexity index is 370. The Balaban J connectivity index is 2.88. The van der Waals surface area contributed by atoms with Crippen molar-refractivity contribution >= 4 is 12.0 Å². The molecule has 20 heavy (non-hydrogen) atoms. The summed E-state index contributed by atoms with van der Waals surface area (Å²) in [5.41, 5.74) is -0.707. The SMILES string of the molecule is CCC1CCN(C(=O)N(C)C(C)(C)CO)C(C(=O)O)C1. The molecule has 2 atom stereocenters. The molecule has 0 aromatic heterocycles. The van der Waals surface area contributed by atoms with Crippen LogP contribution in [0.3, 0.4) is 0 Å². The Morgan fingerprint density at radius 2 is 2.00 bits per heavy atom. The molecule has 0 radical (unpaired) electrons. The standard InChI is InChI=1S/C14H26N2O4/c1-5-10-6-7-16(11(8-10)12(18)19)13(20)15(4)14(2,3)9-17/h10-11,17H,5-9H2,1-4H3,(H,18,19). The van der Waals surface area contributed by atoms with E-state index in [1.807, 2.05) is 6.92 Å². The summed E-state index contributed by atoms with van der Waals surface area (Å²) in [4.78, 5) is 26.7. The van der Waals surface area contributed by atoms with Gasteiger partial charge in [-0.05, 0) is 32.6 Å². The molecule has 1 saturated heterocycles. The minimum Gasteiger partial charge on any atom is -0.480 e. The van der Waals surface area contributed by atoms with E-state index in [2.05, 4.69) is 0 Å². The minimum absolute atomic E-state index is 0.168. The largest absolute Gasteiger partial charge is 0.480 e. The third-order valence-corrected chi connectivity index (χ3v) is 4.40. The molecular formula is C14H26N2O4. The van der Waals surface area contributed by atoms with Crippen LogP contribution in [0.1, 0.15) is 40.0 Å². The fourth-order valence-electron chi connectivity index (χ4n) is 2.43. The predicted octanol–water partition coefficient (Wildman–Crippen LogP) is 1.38. The second-order valence-corrected chi connectivity index (χ2v) is 6.16. The van der Waals surface area contributed by atoms with Gasteiger partial charge in [0.15, 0.2) is 0 Å². The topological polar surface area (TPSA) is 81.1 Å². The number of nitrogens with zero attached hydrogens (tertiary/aromatic N) is 2. The van der Waals surface area contributed by atoms with Crippen LogP contribution in [0.15, 0.2) is 0 Å². The maximum absolute atomic E-state index is 12.5. The maximum Gasteiger partial charge on any atom is 0.326 e. The summed E-state index contributed by atoms with van der Waals surface area (Å²) in [5, 5.41) is 18.7. The number of aliphatic carboxylic acids is 1. The Kier molecular flexibility index (Phi) is 5.39. The number of likely N-dealkylation sites (tertiary alicyclic amines) is 1. The molecule has 1 aliphatic rings. The number of likely N-dealkylation sites (N-methyl/N-ethyl adjacent to an activating group) is 1. The van der Waals surface area contributed by atoms with Gasteiger partial charge < -0.3 is 20.0 Å². The number of aliphatic hydroxyl groups is 1. The predicted molar refractivity (Wildman–Crippen MR) is 75.5 cm³/mol. The third-order valence-electron chi connectivity index (χ3n) is 4.40. The number of carboxylic acids is 1. The van der Waals surface area contributed by atoms with E-state index in [1.54, 1.807) is 20.9 Å². The van der Waals surface area contributed by atoms with Gasteiger partial charge in [-0.2, -0.15) is 0 Å². The number of carboxylic acid groups (broad SMARTS) is 1. The van der Waals surface area contributed by atoms with Crippen LogP contribution >= 0.6 is 0 Å². The first kappa shape index (κ1) is 16.8. The second kappa shape index (κ2) is 6.43. The van der Waals surface area contributed by atoms with E-state index < -0.39 is 17.6 Å². The van der Waals surface area contributed by atoms with E-state index in [9.17, 15) is 19.8 Å². The molecule has 2 N–H and O–H groups in total. The molecule has 0 aliphatic carbocycles. The van der Waals surface area contributed by atoms with Gasteiger partial charge in [0.1, 0.15) is 6.04 Å². The zero-order valence-corrected chi connectivity index (χ0v) is 12.8. The summed E-state index contributed by atoms with van der Waals surface area (Å²) < 4.78 is 0. The van der Waals surface area contributed by atoms with Crippen molar-refractivity contribution in [3.8, 4) is 0 Å². The summed E-state index contributed by atoms with van der Waals surface area (Å²) in [6.07, 6.45) is 2.27. The molecule has 1 heterocycles. The molecule has 1 rings (SSSR count). The average Bonchev–Trinajstić information content (AvgIpc) is 2.44. The van der Waals surface area contributed by atoms with Crippen molar-refractivity contribution in [3.63, 3.8) is 0 Å². The van der Waals surface area contributed by atoms with E-state index in [0.717, 1.165) is 12.8 Å². The number of hydrogen-bond donors (Lipinski definition) is 2. The number of carbonyl (C=O) groups is 2. The number of hydrogen-bond acceptors (Lipinski definition) is 3. The molecule has 0 bridgehead atoms. The average molecular weight is 286 g/mol. The van der Waals surface area contributed by atoms with Crippen LogP contribution in [0.4, 0.5) is 4.79 Å². The normalized spacial score (nSPS) is 23.6. The Hall–Kier alpha value is -1.30. The number of amides is 2. The van der Waals surface area contributed by atoms with Crippen molar-refractivity contribution < 1.29 is 19.8 Å². The number of piperidine rings is 1. The van der Waals surface area contributed by atoms with Crippen molar-refractivity contribution in [2.75, 3.05) is 20.2 Å². The minimum atomic E-state index is -0.952. The van der Waals surface area contributed by atoms with Crippen molar-refractivity contribution in [2.24, 2.45) is 5.92 Å². The van der Waals surface area contributed by atoms with Gasteiger partial charge >= 0.3 is 12.0 Å². The van der Waals surface area contributed by atoms with Crippen LogP contribution < -0.4 is 0 Å². The molecular weight excluding hydrogens is 260 g/mol. The lowest BCUT2D eigenvalue weighted by Crippen LogP contribution is -2.58. The fraction of sp³-hybridized carbons (Fsp3) is 0.857. The quantitative estimate of drug-likeness (QED) is 0.818. The molecule has 0 aromatic rings. The highest BCUT2D eigenvalue weighted by atomic mass is 16.4. The van der Waals surface area contributed by atoms with Gasteiger partial charge in [-0.1, -0.05) is 13.3 Å². The molecule has 6 nitrogen and oxygen atoms in total. The third kappa shape index (κ3) is 3.42. The molecule has 116 valence electrons. The van der Waals surface area contributed by atoms with Gasteiger partial charge in [-0.25, -0.2) is 9.59 Å². The first-order valence-corrected chi connectivity index (χ1v) is 7.12. The Morgan fingerprint density at radius 1 is 1.40 bits per heavy atom.